The molecule has 2 heterocycles. The van der Waals surface area contributed by atoms with Gasteiger partial charge in [0.1, 0.15) is 6.04 Å². The third-order valence-corrected chi connectivity index (χ3v) is 6.31. The summed E-state index contributed by atoms with van der Waals surface area (Å²) in [6, 6.07) is 11.6. The predicted molar refractivity (Wildman–Crippen MR) is 123 cm³/mol. The van der Waals surface area contributed by atoms with Gasteiger partial charge in [0.15, 0.2) is 0 Å². The lowest BCUT2D eigenvalue weighted by Crippen LogP contribution is -2.43. The van der Waals surface area contributed by atoms with Gasteiger partial charge in [-0.1, -0.05) is 0 Å². The fourth-order valence-corrected chi connectivity index (χ4v) is 4.57. The van der Waals surface area contributed by atoms with Gasteiger partial charge in [0, 0.05) is 48.2 Å². The van der Waals surface area contributed by atoms with Crippen molar-refractivity contribution in [3.8, 4) is 0 Å². The number of benzene rings is 2. The smallest absolute Gasteiger partial charge is 0.272 e. The highest BCUT2D eigenvalue weighted by atomic mass is 16.6. The van der Waals surface area contributed by atoms with Crippen LogP contribution >= 0.6 is 0 Å². The second-order valence-corrected chi connectivity index (χ2v) is 8.50. The molecule has 1 N–H and O–H groups in total. The highest BCUT2D eigenvalue weighted by Crippen LogP contribution is 2.26. The number of nitrogens with zero attached hydrogens (tertiary/aromatic N) is 3. The van der Waals surface area contributed by atoms with Crippen LogP contribution < -0.4 is 10.2 Å². The first-order chi connectivity index (χ1) is 15.4. The van der Waals surface area contributed by atoms with E-state index in [0.717, 1.165) is 25.2 Å². The Labute approximate surface area is 187 Å². The summed E-state index contributed by atoms with van der Waals surface area (Å²) in [4.78, 5) is 40.5. The van der Waals surface area contributed by atoms with Gasteiger partial charge in [-0.25, -0.2) is 0 Å². The Hall–Kier alpha value is -3.42. The number of nitrogens with one attached hydrogen (secondary N) is 1. The number of anilines is 2. The molecule has 4 rings (SSSR count). The molecule has 0 aliphatic carbocycles. The molecule has 1 atom stereocenters. The second-order valence-electron chi connectivity index (χ2n) is 8.50. The van der Waals surface area contributed by atoms with E-state index in [2.05, 4.69) is 10.2 Å². The molecule has 8 nitrogen and oxygen atoms in total. The maximum Gasteiger partial charge on any atom is 0.272 e. The van der Waals surface area contributed by atoms with E-state index in [1.54, 1.807) is 11.8 Å². The molecule has 2 fully saturated rings. The molecular formula is C24H28N4O4. The lowest BCUT2D eigenvalue weighted by molar-refractivity contribution is -0.385. The van der Waals surface area contributed by atoms with Crippen molar-refractivity contribution < 1.29 is 14.5 Å². The Morgan fingerprint density at radius 1 is 1.00 bits per heavy atom. The van der Waals surface area contributed by atoms with Gasteiger partial charge in [-0.3, -0.25) is 19.7 Å². The summed E-state index contributed by atoms with van der Waals surface area (Å²) in [5.41, 5.74) is 2.63. The van der Waals surface area contributed by atoms with Gasteiger partial charge in [-0.15, -0.1) is 0 Å². The van der Waals surface area contributed by atoms with Gasteiger partial charge in [-0.2, -0.15) is 0 Å². The van der Waals surface area contributed by atoms with Crippen LogP contribution in [0.2, 0.25) is 0 Å². The van der Waals surface area contributed by atoms with Gasteiger partial charge >= 0.3 is 0 Å². The molecule has 0 radical (unpaired) electrons. The minimum atomic E-state index is -0.556. The SMILES string of the molecule is Cc1cc(C(=O)N2CCCC2C(=O)Nc2ccc(N3CCCCC3)cc2)ccc1[N+](=O)[O-]. The number of hydrogen-bond donors (Lipinski definition) is 1. The van der Waals surface area contributed by atoms with Crippen molar-refractivity contribution in [1.29, 1.82) is 0 Å². The summed E-state index contributed by atoms with van der Waals surface area (Å²) >= 11 is 0. The molecule has 8 heteroatoms. The van der Waals surface area contributed by atoms with Crippen molar-refractivity contribution >= 4 is 28.9 Å². The Kier molecular flexibility index (Phi) is 6.39. The monoisotopic (exact) mass is 436 g/mol. The molecule has 1 unspecified atom stereocenters. The Morgan fingerprint density at radius 2 is 1.72 bits per heavy atom. The average Bonchev–Trinajstić information content (AvgIpc) is 3.29. The lowest BCUT2D eigenvalue weighted by atomic mass is 10.1. The van der Waals surface area contributed by atoms with Crippen LogP contribution in [0.15, 0.2) is 42.5 Å². The first-order valence-electron chi connectivity index (χ1n) is 11.2. The molecular weight excluding hydrogens is 408 g/mol. The van der Waals surface area contributed by atoms with Gasteiger partial charge in [0.2, 0.25) is 5.91 Å². The van der Waals surface area contributed by atoms with Gasteiger partial charge in [-0.05, 0) is 75.4 Å². The summed E-state index contributed by atoms with van der Waals surface area (Å²) < 4.78 is 0. The Balaban J connectivity index is 1.42. The molecule has 168 valence electrons. The van der Waals surface area contributed by atoms with Crippen molar-refractivity contribution in [3.63, 3.8) is 0 Å². The fourth-order valence-electron chi connectivity index (χ4n) is 4.57. The standard InChI is InChI=1S/C24H28N4O4/c1-17-16-18(7-12-21(17)28(31)32)24(30)27-15-5-6-22(27)23(29)25-19-8-10-20(11-9-19)26-13-3-2-4-14-26/h7-12,16,22H,2-6,13-15H2,1H3,(H,25,29). The highest BCUT2D eigenvalue weighted by Gasteiger charge is 2.35. The van der Waals surface area contributed by atoms with Crippen LogP contribution in [0.3, 0.4) is 0 Å². The van der Waals surface area contributed by atoms with Crippen molar-refractivity contribution in [2.24, 2.45) is 0 Å². The molecule has 0 saturated carbocycles. The third-order valence-electron chi connectivity index (χ3n) is 6.31. The number of nitro benzene ring substituents is 1. The predicted octanol–water partition coefficient (Wildman–Crippen LogP) is 4.14. The van der Waals surface area contributed by atoms with E-state index in [9.17, 15) is 19.7 Å². The molecule has 2 aromatic rings. The van der Waals surface area contributed by atoms with Crippen molar-refractivity contribution in [3.05, 3.63) is 63.7 Å². The molecule has 0 aromatic heterocycles. The van der Waals surface area contributed by atoms with Gasteiger partial charge in [0.25, 0.3) is 11.6 Å². The number of carbonyl (C=O) groups is 2. The van der Waals surface area contributed by atoms with Crippen LogP contribution in [0.25, 0.3) is 0 Å². The number of likely N-dealkylation sites (tertiary alicyclic amines) is 1. The molecule has 2 saturated heterocycles. The largest absolute Gasteiger partial charge is 0.372 e. The number of aryl methyl sites for hydroxylation is 1. The summed E-state index contributed by atoms with van der Waals surface area (Å²) in [7, 11) is 0. The summed E-state index contributed by atoms with van der Waals surface area (Å²) in [5.74, 6) is -0.485. The van der Waals surface area contributed by atoms with Gasteiger partial charge < -0.3 is 15.1 Å². The highest BCUT2D eigenvalue weighted by molar-refractivity contribution is 6.01. The first kappa shape index (κ1) is 21.8. The first-order valence-corrected chi connectivity index (χ1v) is 11.2. The number of carbonyl (C=O) groups excluding carboxylic acids is 2. The van der Waals surface area contributed by atoms with Crippen LogP contribution in [0.4, 0.5) is 17.1 Å². The summed E-state index contributed by atoms with van der Waals surface area (Å²) in [6.45, 7) is 4.22. The van der Waals surface area contributed by atoms with E-state index in [1.165, 1.54) is 37.5 Å². The van der Waals surface area contributed by atoms with E-state index in [0.29, 0.717) is 29.8 Å². The molecule has 2 aliphatic heterocycles. The molecule has 2 aromatic carbocycles. The molecule has 32 heavy (non-hydrogen) atoms. The second kappa shape index (κ2) is 9.38. The van der Waals surface area contributed by atoms with Crippen LogP contribution in [0.5, 0.6) is 0 Å². The van der Waals surface area contributed by atoms with E-state index < -0.39 is 11.0 Å². The molecule has 0 spiro atoms. The van der Waals surface area contributed by atoms with Gasteiger partial charge in [0.05, 0.1) is 4.92 Å². The Bertz CT molecular complexity index is 1020. The van der Waals surface area contributed by atoms with E-state index in [-0.39, 0.29) is 17.5 Å². The zero-order valence-electron chi connectivity index (χ0n) is 18.3. The van der Waals surface area contributed by atoms with Crippen molar-refractivity contribution in [2.45, 2.75) is 45.1 Å². The van der Waals surface area contributed by atoms with E-state index in [1.807, 2.05) is 24.3 Å². The van der Waals surface area contributed by atoms with Crippen LogP contribution in [0.1, 0.15) is 48.0 Å². The number of hydrogen-bond acceptors (Lipinski definition) is 5. The van der Waals surface area contributed by atoms with Crippen molar-refractivity contribution in [1.82, 2.24) is 4.90 Å². The number of nitro groups is 1. The normalized spacial score (nSPS) is 18.5. The summed E-state index contributed by atoms with van der Waals surface area (Å²) in [5, 5.41) is 14.0. The fraction of sp³-hybridized carbons (Fsp3) is 0.417. The van der Waals surface area contributed by atoms with Crippen LogP contribution in [-0.4, -0.2) is 47.3 Å². The van der Waals surface area contributed by atoms with E-state index >= 15 is 0 Å². The quantitative estimate of drug-likeness (QED) is 0.561. The summed E-state index contributed by atoms with van der Waals surface area (Å²) in [6.07, 6.45) is 5.02. The zero-order valence-corrected chi connectivity index (χ0v) is 18.3. The maximum atomic E-state index is 13.0. The lowest BCUT2D eigenvalue weighted by Gasteiger charge is -2.29. The Morgan fingerprint density at radius 3 is 2.38 bits per heavy atom. The van der Waals surface area contributed by atoms with Crippen LogP contribution in [-0.2, 0) is 4.79 Å². The minimum absolute atomic E-state index is 0.0229. The third kappa shape index (κ3) is 4.59. The topological polar surface area (TPSA) is 95.8 Å². The maximum absolute atomic E-state index is 13.0. The number of amides is 2. The zero-order chi connectivity index (χ0) is 22.7. The average molecular weight is 437 g/mol. The molecule has 2 aliphatic rings. The number of rotatable bonds is 5. The molecule has 2 amide bonds. The van der Waals surface area contributed by atoms with E-state index in [4.69, 9.17) is 0 Å². The molecule has 0 bridgehead atoms. The van der Waals surface area contributed by atoms with Crippen molar-refractivity contribution in [2.75, 3.05) is 29.9 Å². The number of piperidine rings is 1. The van der Waals surface area contributed by atoms with Crippen LogP contribution in [0, 0.1) is 17.0 Å². The minimum Gasteiger partial charge on any atom is -0.372 e.